The average Bonchev–Trinajstić information content (AvgIpc) is 3.14. The second kappa shape index (κ2) is 10.5. The molecule has 1 aromatic heterocycles. The molecule has 0 unspecified atom stereocenters. The van der Waals surface area contributed by atoms with Gasteiger partial charge in [-0.2, -0.15) is 0 Å². The van der Waals surface area contributed by atoms with Crippen LogP contribution in [0.3, 0.4) is 0 Å². The Morgan fingerprint density at radius 2 is 1.77 bits per heavy atom. The van der Waals surface area contributed by atoms with Gasteiger partial charge in [-0.25, -0.2) is 4.79 Å². The Balaban J connectivity index is 1.73. The Kier molecular flexibility index (Phi) is 7.80. The molecule has 164 valence electrons. The minimum Gasteiger partial charge on any atom is -0.345 e. The van der Waals surface area contributed by atoms with E-state index in [2.05, 4.69) is 61.8 Å². The number of urea groups is 1. The summed E-state index contributed by atoms with van der Waals surface area (Å²) < 4.78 is 2.17. The topological polar surface area (TPSA) is 37.3 Å². The van der Waals surface area contributed by atoms with Crippen LogP contribution in [0.15, 0.2) is 66.9 Å². The molecular formula is C26H32ClN3O. The van der Waals surface area contributed by atoms with Crippen LogP contribution in [0.5, 0.6) is 0 Å². The van der Waals surface area contributed by atoms with E-state index < -0.39 is 0 Å². The van der Waals surface area contributed by atoms with Gasteiger partial charge in [0.05, 0.1) is 6.54 Å². The maximum atomic E-state index is 13.1. The van der Waals surface area contributed by atoms with Gasteiger partial charge in [-0.05, 0) is 59.4 Å². The number of hydrogen-bond donors (Lipinski definition) is 1. The van der Waals surface area contributed by atoms with E-state index in [1.54, 1.807) is 0 Å². The van der Waals surface area contributed by atoms with Crippen molar-refractivity contribution in [1.29, 1.82) is 0 Å². The highest BCUT2D eigenvalue weighted by Crippen LogP contribution is 2.19. The molecule has 0 saturated carbocycles. The van der Waals surface area contributed by atoms with Crippen LogP contribution in [0.1, 0.15) is 50.4 Å². The lowest BCUT2D eigenvalue weighted by Gasteiger charge is -2.26. The van der Waals surface area contributed by atoms with Crippen LogP contribution in [0, 0.1) is 5.92 Å². The molecule has 0 atom stereocenters. The second-order valence-corrected chi connectivity index (χ2v) is 9.18. The molecule has 0 aliphatic carbocycles. The molecule has 31 heavy (non-hydrogen) atoms. The summed E-state index contributed by atoms with van der Waals surface area (Å²) in [4.78, 5) is 15.0. The van der Waals surface area contributed by atoms with E-state index in [1.165, 1.54) is 5.56 Å². The highest BCUT2D eigenvalue weighted by Gasteiger charge is 2.17. The Hall–Kier alpha value is -2.72. The summed E-state index contributed by atoms with van der Waals surface area (Å²) in [5.41, 5.74) is 4.30. The molecule has 0 aliphatic rings. The molecule has 0 aliphatic heterocycles. The smallest absolute Gasteiger partial charge is 0.322 e. The summed E-state index contributed by atoms with van der Waals surface area (Å²) in [5, 5.41) is 3.79. The molecule has 3 rings (SSSR count). The largest absolute Gasteiger partial charge is 0.345 e. The van der Waals surface area contributed by atoms with Crippen molar-refractivity contribution in [3.8, 4) is 0 Å². The van der Waals surface area contributed by atoms with Crippen molar-refractivity contribution in [2.45, 2.75) is 46.7 Å². The van der Waals surface area contributed by atoms with Gasteiger partial charge in [0.1, 0.15) is 0 Å². The highest BCUT2D eigenvalue weighted by atomic mass is 35.5. The maximum absolute atomic E-state index is 13.1. The third-order valence-corrected chi connectivity index (χ3v) is 5.45. The fourth-order valence-electron chi connectivity index (χ4n) is 3.59. The van der Waals surface area contributed by atoms with Gasteiger partial charge in [0.2, 0.25) is 0 Å². The van der Waals surface area contributed by atoms with Crippen molar-refractivity contribution < 1.29 is 4.79 Å². The van der Waals surface area contributed by atoms with E-state index in [4.69, 9.17) is 11.6 Å². The minimum absolute atomic E-state index is 0.0819. The fraction of sp³-hybridized carbons (Fsp3) is 0.346. The lowest BCUT2D eigenvalue weighted by atomic mass is 10.0. The number of halogens is 1. The number of rotatable bonds is 8. The number of nitrogens with one attached hydrogen (secondary N) is 1. The molecular weight excluding hydrogens is 406 g/mol. The van der Waals surface area contributed by atoms with Crippen molar-refractivity contribution in [3.63, 3.8) is 0 Å². The van der Waals surface area contributed by atoms with Crippen molar-refractivity contribution in [3.05, 3.63) is 88.7 Å². The standard InChI is InChI=1S/C26H32ClN3O/c1-19(2)16-30(26(31)28-24-12-10-22(11-13-24)20(3)4)18-25-9-6-14-29(25)17-21-7-5-8-23(27)15-21/h5-15,19-20H,16-18H2,1-4H3,(H,28,31). The number of benzene rings is 2. The summed E-state index contributed by atoms with van der Waals surface area (Å²) in [7, 11) is 0. The molecule has 3 aromatic rings. The van der Waals surface area contributed by atoms with Gasteiger partial charge in [-0.3, -0.25) is 0 Å². The third kappa shape index (κ3) is 6.63. The summed E-state index contributed by atoms with van der Waals surface area (Å²) in [6.45, 7) is 10.5. The quantitative estimate of drug-likeness (QED) is 0.404. The molecule has 2 amide bonds. The van der Waals surface area contributed by atoms with Gasteiger partial charge in [0.25, 0.3) is 0 Å². The first-order chi connectivity index (χ1) is 14.8. The van der Waals surface area contributed by atoms with Crippen molar-refractivity contribution in [1.82, 2.24) is 9.47 Å². The first-order valence-electron chi connectivity index (χ1n) is 10.9. The van der Waals surface area contributed by atoms with Crippen LogP contribution in [0.4, 0.5) is 10.5 Å². The van der Waals surface area contributed by atoms with E-state index in [-0.39, 0.29) is 6.03 Å². The zero-order valence-electron chi connectivity index (χ0n) is 18.8. The second-order valence-electron chi connectivity index (χ2n) is 8.74. The molecule has 0 spiro atoms. The molecule has 4 nitrogen and oxygen atoms in total. The van der Waals surface area contributed by atoms with Crippen LogP contribution in [0.2, 0.25) is 5.02 Å². The maximum Gasteiger partial charge on any atom is 0.322 e. The van der Waals surface area contributed by atoms with Crippen LogP contribution in [-0.4, -0.2) is 22.0 Å². The average molecular weight is 438 g/mol. The van der Waals surface area contributed by atoms with Gasteiger partial charge in [-0.15, -0.1) is 0 Å². The summed E-state index contributed by atoms with van der Waals surface area (Å²) in [5.74, 6) is 0.833. The molecule has 1 N–H and O–H groups in total. The van der Waals surface area contributed by atoms with Crippen molar-refractivity contribution in [2.24, 2.45) is 5.92 Å². The predicted molar refractivity (Wildman–Crippen MR) is 130 cm³/mol. The molecule has 5 heteroatoms. The molecule has 0 bridgehead atoms. The normalized spacial score (nSPS) is 11.2. The van der Waals surface area contributed by atoms with E-state index in [0.717, 1.165) is 28.5 Å². The summed E-state index contributed by atoms with van der Waals surface area (Å²) in [6.07, 6.45) is 2.05. The van der Waals surface area contributed by atoms with Crippen LogP contribution in [0.25, 0.3) is 0 Å². The van der Waals surface area contributed by atoms with E-state index in [0.29, 0.717) is 24.9 Å². The third-order valence-electron chi connectivity index (χ3n) is 5.22. The van der Waals surface area contributed by atoms with E-state index in [9.17, 15) is 4.79 Å². The number of hydrogen-bond acceptors (Lipinski definition) is 1. The SMILES string of the molecule is CC(C)CN(Cc1cccn1Cc1cccc(Cl)c1)C(=O)Nc1ccc(C(C)C)cc1. The number of aromatic nitrogens is 1. The lowest BCUT2D eigenvalue weighted by Crippen LogP contribution is -2.37. The van der Waals surface area contributed by atoms with Crippen molar-refractivity contribution in [2.75, 3.05) is 11.9 Å². The number of nitrogens with zero attached hydrogens (tertiary/aromatic N) is 2. The van der Waals surface area contributed by atoms with Crippen LogP contribution in [-0.2, 0) is 13.1 Å². The summed E-state index contributed by atoms with van der Waals surface area (Å²) in [6, 6.07) is 20.0. The zero-order chi connectivity index (χ0) is 22.4. The molecule has 2 aromatic carbocycles. The fourth-order valence-corrected chi connectivity index (χ4v) is 3.80. The Bertz CT molecular complexity index is 992. The number of carbonyl (C=O) groups is 1. The number of anilines is 1. The van der Waals surface area contributed by atoms with Gasteiger partial charge in [-0.1, -0.05) is 63.6 Å². The van der Waals surface area contributed by atoms with Crippen molar-refractivity contribution >= 4 is 23.3 Å². The first kappa shape index (κ1) is 23.0. The van der Waals surface area contributed by atoms with E-state index >= 15 is 0 Å². The number of amides is 2. The molecule has 0 radical (unpaired) electrons. The predicted octanol–water partition coefficient (Wildman–Crippen LogP) is 7.00. The van der Waals surface area contributed by atoms with Gasteiger partial charge in [0, 0.05) is 35.7 Å². The molecule has 0 fully saturated rings. The monoisotopic (exact) mass is 437 g/mol. The van der Waals surface area contributed by atoms with Crippen LogP contribution < -0.4 is 5.32 Å². The molecule has 0 saturated heterocycles. The number of carbonyl (C=O) groups excluding carboxylic acids is 1. The van der Waals surface area contributed by atoms with E-state index in [1.807, 2.05) is 47.5 Å². The summed E-state index contributed by atoms with van der Waals surface area (Å²) >= 11 is 6.14. The van der Waals surface area contributed by atoms with Gasteiger partial charge < -0.3 is 14.8 Å². The molecule has 1 heterocycles. The van der Waals surface area contributed by atoms with Gasteiger partial charge >= 0.3 is 6.03 Å². The van der Waals surface area contributed by atoms with Crippen LogP contribution >= 0.6 is 11.6 Å². The highest BCUT2D eigenvalue weighted by molar-refractivity contribution is 6.30. The Morgan fingerprint density at radius 3 is 2.42 bits per heavy atom. The Morgan fingerprint density at radius 1 is 1.03 bits per heavy atom. The zero-order valence-corrected chi connectivity index (χ0v) is 19.6. The lowest BCUT2D eigenvalue weighted by molar-refractivity contribution is 0.200. The minimum atomic E-state index is -0.0819. The van der Waals surface area contributed by atoms with Gasteiger partial charge in [0.15, 0.2) is 0 Å². The first-order valence-corrected chi connectivity index (χ1v) is 11.2. The Labute approximate surface area is 190 Å².